The molecular formula is C30H38N4O3. The predicted molar refractivity (Wildman–Crippen MR) is 147 cm³/mol. The van der Waals surface area contributed by atoms with E-state index in [4.69, 9.17) is 9.47 Å². The molecule has 2 fully saturated rings. The van der Waals surface area contributed by atoms with Gasteiger partial charge in [-0.15, -0.1) is 0 Å². The van der Waals surface area contributed by atoms with Crippen LogP contribution in [-0.4, -0.2) is 73.9 Å². The normalized spacial score (nSPS) is 20.1. The zero-order chi connectivity index (χ0) is 25.8. The fourth-order valence-corrected chi connectivity index (χ4v) is 6.07. The van der Waals surface area contributed by atoms with E-state index in [0.29, 0.717) is 38.5 Å². The van der Waals surface area contributed by atoms with Crippen molar-refractivity contribution in [2.75, 3.05) is 46.5 Å². The average molecular weight is 503 g/mol. The Morgan fingerprint density at radius 3 is 2.57 bits per heavy atom. The number of ether oxygens (including phenoxy) is 2. The van der Waals surface area contributed by atoms with E-state index in [1.54, 1.807) is 4.90 Å². The quantitative estimate of drug-likeness (QED) is 0.360. The fraction of sp³-hybridized carbons (Fsp3) is 0.500. The minimum atomic E-state index is -0.570. The van der Waals surface area contributed by atoms with E-state index >= 15 is 0 Å². The molecule has 2 saturated heterocycles. The van der Waals surface area contributed by atoms with Gasteiger partial charge in [0.2, 0.25) is 11.8 Å². The maximum atomic E-state index is 13.4. The van der Waals surface area contributed by atoms with Gasteiger partial charge < -0.3 is 19.3 Å². The van der Waals surface area contributed by atoms with Crippen molar-refractivity contribution < 1.29 is 14.3 Å². The number of aromatic nitrogens is 1. The van der Waals surface area contributed by atoms with Crippen LogP contribution < -0.4 is 4.74 Å². The molecule has 7 nitrogen and oxygen atoms in total. The first-order valence-electron chi connectivity index (χ1n) is 13.5. The number of carbonyl (C=O) groups excluding carboxylic acids is 1. The molecule has 3 aliphatic rings. The van der Waals surface area contributed by atoms with Gasteiger partial charge in [0.05, 0.1) is 17.7 Å². The van der Waals surface area contributed by atoms with Crippen LogP contribution in [0.3, 0.4) is 0 Å². The van der Waals surface area contributed by atoms with E-state index in [1.807, 2.05) is 44.4 Å². The van der Waals surface area contributed by atoms with Crippen molar-refractivity contribution in [1.29, 1.82) is 0 Å². The van der Waals surface area contributed by atoms with E-state index in [9.17, 15) is 4.79 Å². The standard InChI is InChI=1S/C30H38N4O3/c1-22-28(30(29(35)33(22)3)12-18-36-19-13-30)25-20-23(8-10-26(25)31-2)24-9-11-27(32-21-24)37-17-7-16-34-14-5-4-6-15-34/h8-11,20-21H,2,4-7,12-19H2,1,3H3. The molecule has 5 rings (SSSR count). The summed E-state index contributed by atoms with van der Waals surface area (Å²) in [6.07, 6.45) is 8.21. The first-order valence-corrected chi connectivity index (χ1v) is 13.5. The number of aliphatic imine (C=N–C) groups is 1. The van der Waals surface area contributed by atoms with Crippen LogP contribution in [0.5, 0.6) is 5.88 Å². The van der Waals surface area contributed by atoms with E-state index in [0.717, 1.165) is 46.6 Å². The molecule has 1 spiro atoms. The molecule has 0 saturated carbocycles. The van der Waals surface area contributed by atoms with Crippen molar-refractivity contribution in [2.24, 2.45) is 10.4 Å². The molecular weight excluding hydrogens is 464 g/mol. The first-order chi connectivity index (χ1) is 18.0. The lowest BCUT2D eigenvalue weighted by Gasteiger charge is -2.34. The highest BCUT2D eigenvalue weighted by Gasteiger charge is 2.51. The zero-order valence-electron chi connectivity index (χ0n) is 22.2. The number of likely N-dealkylation sites (tertiary alicyclic amines) is 1. The van der Waals surface area contributed by atoms with Gasteiger partial charge in [0.1, 0.15) is 0 Å². The Bertz CT molecular complexity index is 1160. The molecule has 0 radical (unpaired) electrons. The third kappa shape index (κ3) is 5.07. The van der Waals surface area contributed by atoms with Crippen molar-refractivity contribution in [3.05, 3.63) is 47.8 Å². The maximum Gasteiger partial charge on any atom is 0.237 e. The van der Waals surface area contributed by atoms with Gasteiger partial charge in [0.15, 0.2) is 0 Å². The van der Waals surface area contributed by atoms with Crippen LogP contribution >= 0.6 is 0 Å². The fourth-order valence-electron chi connectivity index (χ4n) is 6.07. The molecule has 0 unspecified atom stereocenters. The number of hydrogen-bond donors (Lipinski definition) is 0. The summed E-state index contributed by atoms with van der Waals surface area (Å²) in [5.41, 5.74) is 5.22. The molecule has 4 heterocycles. The number of hydrogen-bond acceptors (Lipinski definition) is 6. The lowest BCUT2D eigenvalue weighted by atomic mass is 9.71. The number of piperidine rings is 1. The van der Waals surface area contributed by atoms with Crippen molar-refractivity contribution >= 4 is 23.9 Å². The molecule has 0 aliphatic carbocycles. The molecule has 0 N–H and O–H groups in total. The van der Waals surface area contributed by atoms with Gasteiger partial charge >= 0.3 is 0 Å². The molecule has 1 amide bonds. The van der Waals surface area contributed by atoms with Crippen molar-refractivity contribution in [3.63, 3.8) is 0 Å². The highest BCUT2D eigenvalue weighted by Crippen LogP contribution is 2.53. The number of carbonyl (C=O) groups is 1. The number of nitrogens with zero attached hydrogens (tertiary/aromatic N) is 4. The Hall–Kier alpha value is -3.03. The smallest absolute Gasteiger partial charge is 0.237 e. The molecule has 7 heteroatoms. The molecule has 1 aromatic heterocycles. The lowest BCUT2D eigenvalue weighted by molar-refractivity contribution is -0.137. The Kier molecular flexibility index (Phi) is 7.72. The minimum Gasteiger partial charge on any atom is -0.478 e. The van der Waals surface area contributed by atoms with E-state index in [1.165, 1.54) is 32.4 Å². The number of amides is 1. The van der Waals surface area contributed by atoms with Gasteiger partial charge in [-0.1, -0.05) is 12.5 Å². The number of rotatable bonds is 8. The van der Waals surface area contributed by atoms with Gasteiger partial charge in [0.25, 0.3) is 0 Å². The summed E-state index contributed by atoms with van der Waals surface area (Å²) in [7, 11) is 1.86. The first kappa shape index (κ1) is 25.6. The largest absolute Gasteiger partial charge is 0.478 e. The monoisotopic (exact) mass is 502 g/mol. The van der Waals surface area contributed by atoms with E-state index in [-0.39, 0.29) is 5.91 Å². The van der Waals surface area contributed by atoms with Gasteiger partial charge in [-0.2, -0.15) is 0 Å². The summed E-state index contributed by atoms with van der Waals surface area (Å²) < 4.78 is 11.6. The van der Waals surface area contributed by atoms with E-state index < -0.39 is 5.41 Å². The average Bonchev–Trinajstić information content (AvgIpc) is 3.12. The van der Waals surface area contributed by atoms with Gasteiger partial charge in [-0.3, -0.25) is 9.79 Å². The number of benzene rings is 1. The van der Waals surface area contributed by atoms with Gasteiger partial charge in [-0.25, -0.2) is 4.98 Å². The lowest BCUT2D eigenvalue weighted by Crippen LogP contribution is -2.39. The topological polar surface area (TPSA) is 67.3 Å². The third-order valence-corrected chi connectivity index (χ3v) is 8.23. The van der Waals surface area contributed by atoms with Gasteiger partial charge in [-0.05, 0) is 88.2 Å². The van der Waals surface area contributed by atoms with Crippen molar-refractivity contribution in [1.82, 2.24) is 14.8 Å². The molecule has 2 aromatic rings. The second-order valence-electron chi connectivity index (χ2n) is 10.4. The Morgan fingerprint density at radius 2 is 1.86 bits per heavy atom. The molecule has 0 atom stereocenters. The van der Waals surface area contributed by atoms with Crippen LogP contribution in [0.4, 0.5) is 5.69 Å². The van der Waals surface area contributed by atoms with Crippen molar-refractivity contribution in [3.8, 4) is 17.0 Å². The Balaban J connectivity index is 1.34. The maximum absolute atomic E-state index is 13.4. The van der Waals surface area contributed by atoms with Crippen LogP contribution in [-0.2, 0) is 9.53 Å². The number of allylic oxidation sites excluding steroid dienone is 1. The second kappa shape index (κ2) is 11.2. The summed E-state index contributed by atoms with van der Waals surface area (Å²) in [4.78, 5) is 26.6. The predicted octanol–water partition coefficient (Wildman–Crippen LogP) is 5.34. The Labute approximate surface area is 220 Å². The van der Waals surface area contributed by atoms with Crippen LogP contribution in [0.1, 0.15) is 51.0 Å². The second-order valence-corrected chi connectivity index (χ2v) is 10.4. The van der Waals surface area contributed by atoms with Crippen molar-refractivity contribution in [2.45, 2.75) is 45.4 Å². The highest BCUT2D eigenvalue weighted by atomic mass is 16.5. The SMILES string of the molecule is C=Nc1ccc(-c2ccc(OCCCN3CCCCC3)nc2)cc1C1=C(C)N(C)C(=O)C12CCOCC2. The van der Waals surface area contributed by atoms with Gasteiger partial charge in [0, 0.05) is 55.9 Å². The van der Waals surface area contributed by atoms with Crippen LogP contribution in [0.25, 0.3) is 16.7 Å². The summed E-state index contributed by atoms with van der Waals surface area (Å²) in [6, 6.07) is 10.1. The molecule has 0 bridgehead atoms. The summed E-state index contributed by atoms with van der Waals surface area (Å²) in [5, 5.41) is 0. The van der Waals surface area contributed by atoms with E-state index in [2.05, 4.69) is 27.7 Å². The molecule has 196 valence electrons. The summed E-state index contributed by atoms with van der Waals surface area (Å²) >= 11 is 0. The number of pyridine rings is 1. The van der Waals surface area contributed by atoms with Crippen LogP contribution in [0, 0.1) is 5.41 Å². The summed E-state index contributed by atoms with van der Waals surface area (Å²) in [5.74, 6) is 0.793. The third-order valence-electron chi connectivity index (χ3n) is 8.23. The molecule has 1 aromatic carbocycles. The Morgan fingerprint density at radius 1 is 1.11 bits per heavy atom. The zero-order valence-corrected chi connectivity index (χ0v) is 22.2. The van der Waals surface area contributed by atoms with Crippen LogP contribution in [0.2, 0.25) is 0 Å². The minimum absolute atomic E-state index is 0.146. The van der Waals surface area contributed by atoms with Crippen LogP contribution in [0.15, 0.2) is 47.2 Å². The molecule has 3 aliphatic heterocycles. The molecule has 37 heavy (non-hydrogen) atoms. The summed E-state index contributed by atoms with van der Waals surface area (Å²) in [6.45, 7) is 11.2. The highest BCUT2D eigenvalue weighted by molar-refractivity contribution is 6.05.